The van der Waals surface area contributed by atoms with E-state index in [9.17, 15) is 9.59 Å². The molecule has 0 bridgehead atoms. The molecule has 3 aromatic heterocycles. The second kappa shape index (κ2) is 17.9. The Morgan fingerprint density at radius 2 is 1.53 bits per heavy atom. The van der Waals surface area contributed by atoms with Gasteiger partial charge in [-0.25, -0.2) is 9.36 Å². The van der Waals surface area contributed by atoms with Crippen molar-refractivity contribution in [2.75, 3.05) is 11.9 Å². The first kappa shape index (κ1) is 32.1. The molecule has 0 saturated carbocycles. The fourth-order valence-electron chi connectivity index (χ4n) is 5.25. The van der Waals surface area contributed by atoms with Crippen molar-refractivity contribution in [1.82, 2.24) is 0 Å². The monoisotopic (exact) mass is 587 g/mol. The summed E-state index contributed by atoms with van der Waals surface area (Å²) in [6.07, 6.45) is 26.3. The number of hydrogen-bond donors (Lipinski definition) is 1. The lowest BCUT2D eigenvalue weighted by Crippen LogP contribution is -2.33. The minimum absolute atomic E-state index is 0.0685. The molecule has 230 valence electrons. The van der Waals surface area contributed by atoms with Gasteiger partial charge in [0.1, 0.15) is 0 Å². The molecule has 4 aromatic rings. The number of rotatable bonds is 20. The van der Waals surface area contributed by atoms with E-state index in [-0.39, 0.29) is 5.91 Å². The Labute approximate surface area is 254 Å². The number of amides is 1. The van der Waals surface area contributed by atoms with E-state index in [0.717, 1.165) is 42.3 Å². The summed E-state index contributed by atoms with van der Waals surface area (Å²) in [5, 5.41) is 4.69. The smallest absolute Gasteiger partial charge is 0.336 e. The van der Waals surface area contributed by atoms with E-state index >= 15 is 0 Å². The lowest BCUT2D eigenvalue weighted by atomic mass is 10.1. The molecule has 4 rings (SSSR count). The van der Waals surface area contributed by atoms with Crippen molar-refractivity contribution in [3.8, 4) is 5.75 Å². The highest BCUT2D eigenvalue weighted by molar-refractivity contribution is 5.99. The van der Waals surface area contributed by atoms with Crippen molar-refractivity contribution < 1.29 is 22.9 Å². The number of carbonyl (C=O) groups is 1. The third kappa shape index (κ3) is 10.7. The largest absolute Gasteiger partial charge is 0.486 e. The van der Waals surface area contributed by atoms with Crippen molar-refractivity contribution in [2.45, 2.75) is 103 Å². The third-order valence-corrected chi connectivity index (χ3v) is 7.68. The summed E-state index contributed by atoms with van der Waals surface area (Å²) in [4.78, 5) is 24.2. The Kier molecular flexibility index (Phi) is 13.4. The molecule has 1 amide bonds. The molecule has 0 spiro atoms. The molecule has 1 aromatic carbocycles. The fourth-order valence-corrected chi connectivity index (χ4v) is 5.25. The third-order valence-electron chi connectivity index (χ3n) is 7.68. The molecule has 0 saturated heterocycles. The Balaban J connectivity index is 1.07. The number of aryl methyl sites for hydroxylation is 1. The number of nitrogens with one attached hydrogen (secondary N) is 1. The van der Waals surface area contributed by atoms with Crippen LogP contribution >= 0.6 is 0 Å². The van der Waals surface area contributed by atoms with Crippen LogP contribution in [0.2, 0.25) is 0 Å². The van der Waals surface area contributed by atoms with E-state index in [1.807, 2.05) is 41.2 Å². The summed E-state index contributed by atoms with van der Waals surface area (Å²) < 4.78 is 19.1. The zero-order valence-corrected chi connectivity index (χ0v) is 25.7. The standard InChI is InChI=1S/C36H46N2O5/c1-2-3-4-5-6-7-8-9-10-11-12-13-14-15-17-32(39)37-31-20-24-38(25-21-31)23-16-26-41-36-34-30(22-27-42-34)28-29-18-19-33(40)43-35(29)36/h8-9,18-22,24-25,27-28H,2-7,10-17,23,26H2,1H3/p+1/b9-8-. The number of hydrogen-bond acceptors (Lipinski definition) is 5. The number of ether oxygens (including phenoxy) is 1. The van der Waals surface area contributed by atoms with Crippen molar-refractivity contribution in [3.05, 3.63) is 77.6 Å². The molecule has 0 radical (unpaired) electrons. The van der Waals surface area contributed by atoms with Gasteiger partial charge in [-0.2, -0.15) is 0 Å². The Bertz CT molecular complexity index is 1490. The fraction of sp³-hybridized carbons (Fsp3) is 0.472. The van der Waals surface area contributed by atoms with E-state index in [0.29, 0.717) is 29.9 Å². The van der Waals surface area contributed by atoms with Gasteiger partial charge in [-0.15, -0.1) is 0 Å². The lowest BCUT2D eigenvalue weighted by Gasteiger charge is -2.08. The summed E-state index contributed by atoms with van der Waals surface area (Å²) in [6.45, 7) is 3.42. The zero-order chi connectivity index (χ0) is 30.1. The van der Waals surface area contributed by atoms with Crippen LogP contribution in [0.25, 0.3) is 21.9 Å². The summed E-state index contributed by atoms with van der Waals surface area (Å²) in [5.74, 6) is 0.521. The van der Waals surface area contributed by atoms with E-state index in [2.05, 4.69) is 24.4 Å². The van der Waals surface area contributed by atoms with Crippen molar-refractivity contribution in [3.63, 3.8) is 0 Å². The maximum atomic E-state index is 12.4. The summed E-state index contributed by atoms with van der Waals surface area (Å²) in [5.41, 5.74) is 1.35. The number of furan rings is 1. The first-order valence-electron chi connectivity index (χ1n) is 16.1. The highest BCUT2D eigenvalue weighted by Crippen LogP contribution is 2.35. The molecular formula is C36H47N2O5+. The van der Waals surface area contributed by atoms with E-state index in [4.69, 9.17) is 13.6 Å². The Morgan fingerprint density at radius 3 is 2.30 bits per heavy atom. The van der Waals surface area contributed by atoms with Crippen LogP contribution in [0.5, 0.6) is 5.75 Å². The molecule has 0 aliphatic rings. The second-order valence-electron chi connectivity index (χ2n) is 11.3. The first-order chi connectivity index (χ1) is 21.1. The van der Waals surface area contributed by atoms with Crippen LogP contribution in [0.1, 0.15) is 96.8 Å². The minimum atomic E-state index is -0.427. The van der Waals surface area contributed by atoms with Gasteiger partial charge in [0.25, 0.3) is 0 Å². The van der Waals surface area contributed by atoms with Gasteiger partial charge in [0.05, 0.1) is 18.6 Å². The van der Waals surface area contributed by atoms with Gasteiger partial charge in [-0.3, -0.25) is 4.79 Å². The number of nitrogens with zero attached hydrogens (tertiary/aromatic N) is 1. The maximum absolute atomic E-state index is 12.4. The lowest BCUT2D eigenvalue weighted by molar-refractivity contribution is -0.697. The molecule has 0 unspecified atom stereocenters. The average molecular weight is 588 g/mol. The number of fused-ring (bicyclic) bond motifs is 2. The van der Waals surface area contributed by atoms with Gasteiger partial charge in [0.15, 0.2) is 30.1 Å². The Hall–Kier alpha value is -3.87. The molecule has 0 aliphatic heterocycles. The predicted molar refractivity (Wildman–Crippen MR) is 172 cm³/mol. The van der Waals surface area contributed by atoms with E-state index in [1.54, 1.807) is 12.3 Å². The molecular weight excluding hydrogens is 540 g/mol. The van der Waals surface area contributed by atoms with Crippen molar-refractivity contribution in [1.29, 1.82) is 0 Å². The van der Waals surface area contributed by atoms with Gasteiger partial charge >= 0.3 is 5.63 Å². The molecule has 3 heterocycles. The van der Waals surface area contributed by atoms with Gasteiger partial charge in [-0.05, 0) is 50.3 Å². The number of unbranched alkanes of at least 4 members (excludes halogenated alkanes) is 10. The van der Waals surface area contributed by atoms with Crippen molar-refractivity contribution in [2.24, 2.45) is 0 Å². The Morgan fingerprint density at radius 1 is 0.837 bits per heavy atom. The highest BCUT2D eigenvalue weighted by Gasteiger charge is 2.15. The highest BCUT2D eigenvalue weighted by atomic mass is 16.5. The number of allylic oxidation sites excluding steroid dienone is 2. The number of anilines is 1. The van der Waals surface area contributed by atoms with E-state index < -0.39 is 5.63 Å². The van der Waals surface area contributed by atoms with Crippen LogP contribution in [-0.2, 0) is 11.3 Å². The number of benzene rings is 1. The quantitative estimate of drug-likeness (QED) is 0.0483. The molecule has 7 heteroatoms. The van der Waals surface area contributed by atoms with Crippen LogP contribution in [0, 0.1) is 0 Å². The summed E-state index contributed by atoms with van der Waals surface area (Å²) >= 11 is 0. The number of pyridine rings is 1. The normalized spacial score (nSPS) is 11.6. The SMILES string of the molecule is CCCCCCC/C=C\CCCCCCCC(=O)Nc1cc[n+](CCCOc2c3occc3cc3ccc(=O)oc23)cc1. The van der Waals surface area contributed by atoms with Crippen LogP contribution in [0.15, 0.2) is 80.8 Å². The first-order valence-corrected chi connectivity index (χ1v) is 16.1. The van der Waals surface area contributed by atoms with Crippen LogP contribution in [0.3, 0.4) is 0 Å². The van der Waals surface area contributed by atoms with Gasteiger partial charge in [0.2, 0.25) is 11.7 Å². The average Bonchev–Trinajstić information content (AvgIpc) is 3.48. The molecule has 0 atom stereocenters. The second-order valence-corrected chi connectivity index (χ2v) is 11.3. The number of carbonyl (C=O) groups excluding carboxylic acids is 1. The van der Waals surface area contributed by atoms with Gasteiger partial charge < -0.3 is 18.9 Å². The summed E-state index contributed by atoms with van der Waals surface area (Å²) in [7, 11) is 0. The molecule has 43 heavy (non-hydrogen) atoms. The molecule has 0 fully saturated rings. The van der Waals surface area contributed by atoms with Crippen LogP contribution in [0.4, 0.5) is 5.69 Å². The predicted octanol–water partition coefficient (Wildman–Crippen LogP) is 8.88. The van der Waals surface area contributed by atoms with Gasteiger partial charge in [-0.1, -0.05) is 64.0 Å². The topological polar surface area (TPSA) is 85.6 Å². The molecule has 0 aliphatic carbocycles. The zero-order valence-electron chi connectivity index (χ0n) is 25.7. The van der Waals surface area contributed by atoms with Crippen molar-refractivity contribution >= 4 is 33.5 Å². The molecule has 7 nitrogen and oxygen atoms in total. The summed E-state index contributed by atoms with van der Waals surface area (Å²) in [6, 6.07) is 10.7. The van der Waals surface area contributed by atoms with Crippen LogP contribution in [-0.4, -0.2) is 12.5 Å². The van der Waals surface area contributed by atoms with Crippen LogP contribution < -0.4 is 20.2 Å². The molecule has 1 N–H and O–H groups in total. The number of aromatic nitrogens is 1. The maximum Gasteiger partial charge on any atom is 0.336 e. The van der Waals surface area contributed by atoms with E-state index in [1.165, 1.54) is 70.3 Å². The minimum Gasteiger partial charge on any atom is -0.486 e. The van der Waals surface area contributed by atoms with Gasteiger partial charge in [0, 0.05) is 41.8 Å².